The lowest BCUT2D eigenvalue weighted by Gasteiger charge is -2.20. The molecule has 20 heavy (non-hydrogen) atoms. The van der Waals surface area contributed by atoms with E-state index >= 15 is 0 Å². The van der Waals surface area contributed by atoms with E-state index in [-0.39, 0.29) is 11.5 Å². The van der Waals surface area contributed by atoms with Gasteiger partial charge in [0.05, 0.1) is 5.75 Å². The first-order valence-electron chi connectivity index (χ1n) is 7.22. The average molecular weight is 296 g/mol. The summed E-state index contributed by atoms with van der Waals surface area (Å²) in [6.07, 6.45) is 1.01. The maximum Gasteiger partial charge on any atom is 0.151 e. The summed E-state index contributed by atoms with van der Waals surface area (Å²) in [7, 11) is -0.929. The summed E-state index contributed by atoms with van der Waals surface area (Å²) in [5.41, 5.74) is 3.82. The van der Waals surface area contributed by atoms with Crippen LogP contribution in [0.4, 0.5) is 5.69 Å². The van der Waals surface area contributed by atoms with Crippen LogP contribution in [-0.4, -0.2) is 40.1 Å². The lowest BCUT2D eigenvalue weighted by Crippen LogP contribution is -2.28. The van der Waals surface area contributed by atoms with Crippen LogP contribution < -0.4 is 10.2 Å². The predicted octanol–water partition coefficient (Wildman–Crippen LogP) is 1.76. The molecule has 1 aromatic carbocycles. The summed E-state index contributed by atoms with van der Waals surface area (Å²) >= 11 is 0. The van der Waals surface area contributed by atoms with Gasteiger partial charge in [-0.2, -0.15) is 0 Å². The SMILES string of the molecule is CCS(=O)(=O)CCN1CCc2cc(C(C)NC)ccc21. The maximum absolute atomic E-state index is 11.6. The Morgan fingerprint density at radius 1 is 1.40 bits per heavy atom. The van der Waals surface area contributed by atoms with Gasteiger partial charge in [0, 0.05) is 30.6 Å². The van der Waals surface area contributed by atoms with Crippen LogP contribution in [0.1, 0.15) is 31.0 Å². The molecule has 0 fully saturated rings. The number of rotatable bonds is 6. The van der Waals surface area contributed by atoms with Crippen LogP contribution in [0.5, 0.6) is 0 Å². The van der Waals surface area contributed by atoms with Crippen LogP contribution in [0.15, 0.2) is 18.2 Å². The fourth-order valence-corrected chi connectivity index (χ4v) is 3.34. The highest BCUT2D eigenvalue weighted by Gasteiger charge is 2.21. The lowest BCUT2D eigenvalue weighted by atomic mass is 10.0. The lowest BCUT2D eigenvalue weighted by molar-refractivity contribution is 0.596. The van der Waals surface area contributed by atoms with Crippen molar-refractivity contribution in [1.29, 1.82) is 0 Å². The van der Waals surface area contributed by atoms with E-state index in [2.05, 4.69) is 35.3 Å². The largest absolute Gasteiger partial charge is 0.370 e. The quantitative estimate of drug-likeness (QED) is 0.869. The van der Waals surface area contributed by atoms with Gasteiger partial charge in [0.2, 0.25) is 0 Å². The monoisotopic (exact) mass is 296 g/mol. The number of benzene rings is 1. The molecule has 1 aliphatic heterocycles. The number of fused-ring (bicyclic) bond motifs is 1. The molecule has 0 amide bonds. The second kappa shape index (κ2) is 6.14. The van der Waals surface area contributed by atoms with Crippen molar-refractivity contribution in [3.63, 3.8) is 0 Å². The van der Waals surface area contributed by atoms with Gasteiger partial charge in [-0.05, 0) is 37.6 Å². The van der Waals surface area contributed by atoms with Crippen LogP contribution in [0, 0.1) is 0 Å². The molecule has 0 bridgehead atoms. The first kappa shape index (κ1) is 15.3. The topological polar surface area (TPSA) is 49.4 Å². The molecule has 0 saturated carbocycles. The summed E-state index contributed by atoms with van der Waals surface area (Å²) in [6.45, 7) is 5.37. The second-order valence-electron chi connectivity index (χ2n) is 5.37. The molecule has 112 valence electrons. The van der Waals surface area contributed by atoms with Crippen LogP contribution in [-0.2, 0) is 16.3 Å². The maximum atomic E-state index is 11.6. The van der Waals surface area contributed by atoms with Crippen LogP contribution >= 0.6 is 0 Å². The minimum absolute atomic E-state index is 0.228. The Balaban J connectivity index is 2.10. The van der Waals surface area contributed by atoms with Crippen molar-refractivity contribution >= 4 is 15.5 Å². The molecular formula is C15H24N2O2S. The fraction of sp³-hybridized carbons (Fsp3) is 0.600. The molecule has 2 rings (SSSR count). The number of sulfone groups is 1. The van der Waals surface area contributed by atoms with E-state index in [1.165, 1.54) is 16.8 Å². The molecule has 1 aliphatic rings. The van der Waals surface area contributed by atoms with Gasteiger partial charge in [0.1, 0.15) is 0 Å². The molecule has 5 heteroatoms. The first-order chi connectivity index (χ1) is 9.46. The van der Waals surface area contributed by atoms with E-state index in [1.807, 2.05) is 7.05 Å². The van der Waals surface area contributed by atoms with E-state index in [4.69, 9.17) is 0 Å². The third-order valence-corrected chi connectivity index (χ3v) is 5.82. The van der Waals surface area contributed by atoms with Crippen LogP contribution in [0.3, 0.4) is 0 Å². The molecule has 1 heterocycles. The van der Waals surface area contributed by atoms with E-state index in [0.29, 0.717) is 12.6 Å². The van der Waals surface area contributed by atoms with Crippen molar-refractivity contribution in [2.45, 2.75) is 26.3 Å². The van der Waals surface area contributed by atoms with Gasteiger partial charge in [-0.3, -0.25) is 0 Å². The fourth-order valence-electron chi connectivity index (χ4n) is 2.55. The Morgan fingerprint density at radius 3 is 2.80 bits per heavy atom. The summed E-state index contributed by atoms with van der Waals surface area (Å²) in [5, 5.41) is 3.24. The van der Waals surface area contributed by atoms with Crippen molar-refractivity contribution in [2.24, 2.45) is 0 Å². The molecule has 1 aromatic rings. The van der Waals surface area contributed by atoms with Crippen molar-refractivity contribution in [3.8, 4) is 0 Å². The van der Waals surface area contributed by atoms with Crippen molar-refractivity contribution < 1.29 is 8.42 Å². The molecule has 0 aliphatic carbocycles. The number of hydrogen-bond donors (Lipinski definition) is 1. The molecule has 0 radical (unpaired) electrons. The second-order valence-corrected chi connectivity index (χ2v) is 7.84. The average Bonchev–Trinajstić information content (AvgIpc) is 2.86. The molecule has 1 unspecified atom stereocenters. The van der Waals surface area contributed by atoms with E-state index in [1.54, 1.807) is 6.92 Å². The normalized spacial score (nSPS) is 16.2. The number of anilines is 1. The van der Waals surface area contributed by atoms with Gasteiger partial charge in [-0.1, -0.05) is 19.1 Å². The summed E-state index contributed by atoms with van der Waals surface area (Å²) < 4.78 is 23.2. The van der Waals surface area contributed by atoms with Gasteiger partial charge in [-0.15, -0.1) is 0 Å². The highest BCUT2D eigenvalue weighted by Crippen LogP contribution is 2.30. The Labute approximate surface area is 122 Å². The minimum atomic E-state index is -2.89. The highest BCUT2D eigenvalue weighted by molar-refractivity contribution is 7.91. The Hall–Kier alpha value is -1.07. The van der Waals surface area contributed by atoms with Gasteiger partial charge < -0.3 is 10.2 Å². The third-order valence-electron chi connectivity index (χ3n) is 4.14. The third kappa shape index (κ3) is 3.33. The molecule has 0 spiro atoms. The molecule has 1 N–H and O–H groups in total. The Kier molecular flexibility index (Phi) is 4.70. The number of nitrogens with one attached hydrogen (secondary N) is 1. The number of nitrogens with zero attached hydrogens (tertiary/aromatic N) is 1. The molecule has 0 aromatic heterocycles. The van der Waals surface area contributed by atoms with E-state index in [9.17, 15) is 8.42 Å². The van der Waals surface area contributed by atoms with Gasteiger partial charge in [0.25, 0.3) is 0 Å². The minimum Gasteiger partial charge on any atom is -0.370 e. The van der Waals surface area contributed by atoms with Gasteiger partial charge in [-0.25, -0.2) is 8.42 Å². The molecular weight excluding hydrogens is 272 g/mol. The van der Waals surface area contributed by atoms with Crippen LogP contribution in [0.25, 0.3) is 0 Å². The van der Waals surface area contributed by atoms with Gasteiger partial charge >= 0.3 is 0 Å². The zero-order valence-corrected chi connectivity index (χ0v) is 13.3. The summed E-state index contributed by atoms with van der Waals surface area (Å²) in [6, 6.07) is 6.84. The zero-order valence-electron chi connectivity index (χ0n) is 12.5. The zero-order chi connectivity index (χ0) is 14.8. The van der Waals surface area contributed by atoms with E-state index in [0.717, 1.165) is 13.0 Å². The van der Waals surface area contributed by atoms with Crippen molar-refractivity contribution in [2.75, 3.05) is 36.5 Å². The first-order valence-corrected chi connectivity index (χ1v) is 9.04. The Bertz CT molecular complexity index is 569. The van der Waals surface area contributed by atoms with E-state index < -0.39 is 9.84 Å². The smallest absolute Gasteiger partial charge is 0.151 e. The molecule has 1 atom stereocenters. The van der Waals surface area contributed by atoms with Gasteiger partial charge in [0.15, 0.2) is 9.84 Å². The molecule has 4 nitrogen and oxygen atoms in total. The summed E-state index contributed by atoms with van der Waals surface area (Å²) in [5.74, 6) is 0.476. The summed E-state index contributed by atoms with van der Waals surface area (Å²) in [4.78, 5) is 2.19. The Morgan fingerprint density at radius 2 is 2.15 bits per heavy atom. The standard InChI is InChI=1S/C15H24N2O2S/c1-4-20(18,19)10-9-17-8-7-14-11-13(12(2)16-3)5-6-15(14)17/h5-6,11-12,16H,4,7-10H2,1-3H3. The number of hydrogen-bond acceptors (Lipinski definition) is 4. The molecule has 0 saturated heterocycles. The van der Waals surface area contributed by atoms with Crippen molar-refractivity contribution in [3.05, 3.63) is 29.3 Å². The van der Waals surface area contributed by atoms with Crippen LogP contribution in [0.2, 0.25) is 0 Å². The highest BCUT2D eigenvalue weighted by atomic mass is 32.2. The van der Waals surface area contributed by atoms with Crippen molar-refractivity contribution in [1.82, 2.24) is 5.32 Å². The predicted molar refractivity (Wildman–Crippen MR) is 84.2 cm³/mol.